The second kappa shape index (κ2) is 6.10. The van der Waals surface area contributed by atoms with Crippen molar-refractivity contribution in [1.29, 1.82) is 5.41 Å². The van der Waals surface area contributed by atoms with Gasteiger partial charge in [0.25, 0.3) is 0 Å². The topological polar surface area (TPSA) is 59.7 Å². The number of imidazole rings is 1. The molecule has 0 amide bonds. The number of aryl methyl sites for hydroxylation is 1. The monoisotopic (exact) mass is 372 g/mol. The van der Waals surface area contributed by atoms with Crippen molar-refractivity contribution in [2.45, 2.75) is 6.54 Å². The van der Waals surface area contributed by atoms with Crippen LogP contribution in [-0.4, -0.2) is 14.1 Å². The summed E-state index contributed by atoms with van der Waals surface area (Å²) in [6.07, 6.45) is 1.61. The van der Waals surface area contributed by atoms with E-state index in [0.717, 1.165) is 22.3 Å². The van der Waals surface area contributed by atoms with Gasteiger partial charge in [-0.05, 0) is 24.3 Å². The van der Waals surface area contributed by atoms with Crippen molar-refractivity contribution in [2.75, 3.05) is 0 Å². The number of benzene rings is 2. The number of hydrogen-bond acceptors (Lipinski definition) is 3. The van der Waals surface area contributed by atoms with Gasteiger partial charge in [0.1, 0.15) is 18.5 Å². The molecule has 2 heterocycles. The normalized spacial score (nSPS) is 11.3. The Morgan fingerprint density at radius 3 is 2.64 bits per heavy atom. The number of fused-ring (bicyclic) bond motifs is 1. The molecule has 126 valence electrons. The molecule has 0 saturated carbocycles. The lowest BCUT2D eigenvalue weighted by atomic mass is 10.2. The van der Waals surface area contributed by atoms with E-state index in [9.17, 15) is 0 Å². The van der Waals surface area contributed by atoms with Gasteiger partial charge in [-0.1, -0.05) is 41.4 Å². The van der Waals surface area contributed by atoms with Crippen LogP contribution in [0.3, 0.4) is 0 Å². The van der Waals surface area contributed by atoms with Crippen LogP contribution in [0.5, 0.6) is 0 Å². The van der Waals surface area contributed by atoms with Crippen molar-refractivity contribution in [3.05, 3.63) is 70.3 Å². The van der Waals surface area contributed by atoms with Crippen LogP contribution < -0.4 is 5.62 Å². The van der Waals surface area contributed by atoms with Gasteiger partial charge in [-0.2, -0.15) is 0 Å². The van der Waals surface area contributed by atoms with Crippen molar-refractivity contribution < 1.29 is 4.42 Å². The smallest absolute Gasteiger partial charge is 0.214 e. The number of oxazole rings is 1. The van der Waals surface area contributed by atoms with Crippen LogP contribution in [0.2, 0.25) is 10.0 Å². The third-order valence-electron chi connectivity index (χ3n) is 4.15. The molecule has 25 heavy (non-hydrogen) atoms. The Hall–Kier alpha value is -2.50. The van der Waals surface area contributed by atoms with Gasteiger partial charge in [-0.25, -0.2) is 4.98 Å². The lowest BCUT2D eigenvalue weighted by Crippen LogP contribution is -2.23. The molecule has 0 radical (unpaired) electrons. The highest BCUT2D eigenvalue weighted by Gasteiger charge is 2.14. The number of rotatable bonds is 3. The maximum atomic E-state index is 8.35. The number of aromatic nitrogens is 3. The maximum absolute atomic E-state index is 8.35. The number of halogens is 2. The molecule has 2 aromatic carbocycles. The molecular formula is C18H14Cl2N4O. The van der Waals surface area contributed by atoms with Gasteiger partial charge >= 0.3 is 0 Å². The summed E-state index contributed by atoms with van der Waals surface area (Å²) in [7, 11) is 1.82. The van der Waals surface area contributed by atoms with Crippen LogP contribution in [0.15, 0.2) is 53.1 Å². The summed E-state index contributed by atoms with van der Waals surface area (Å²) in [6, 6.07) is 13.0. The van der Waals surface area contributed by atoms with Crippen LogP contribution in [0.1, 0.15) is 5.89 Å². The van der Waals surface area contributed by atoms with Gasteiger partial charge in [-0.15, -0.1) is 0 Å². The van der Waals surface area contributed by atoms with Crippen LogP contribution in [0.4, 0.5) is 0 Å². The van der Waals surface area contributed by atoms with Crippen LogP contribution in [-0.2, 0) is 13.6 Å². The summed E-state index contributed by atoms with van der Waals surface area (Å²) in [4.78, 5) is 4.53. The Morgan fingerprint density at radius 1 is 1.12 bits per heavy atom. The quantitative estimate of drug-likeness (QED) is 0.576. The number of nitrogens with zero attached hydrogens (tertiary/aromatic N) is 3. The molecule has 0 aliphatic heterocycles. The van der Waals surface area contributed by atoms with Crippen molar-refractivity contribution in [3.63, 3.8) is 0 Å². The van der Waals surface area contributed by atoms with Gasteiger partial charge in [-0.3, -0.25) is 5.41 Å². The first kappa shape index (κ1) is 16.0. The van der Waals surface area contributed by atoms with E-state index in [-0.39, 0.29) is 0 Å². The third kappa shape index (κ3) is 2.75. The molecule has 0 fully saturated rings. The molecule has 0 atom stereocenters. The summed E-state index contributed by atoms with van der Waals surface area (Å²) in [6.45, 7) is 0.351. The molecule has 7 heteroatoms. The van der Waals surface area contributed by atoms with Crippen molar-refractivity contribution >= 4 is 34.2 Å². The molecule has 0 aliphatic carbocycles. The second-order valence-electron chi connectivity index (χ2n) is 5.71. The summed E-state index contributed by atoms with van der Waals surface area (Å²) in [5.74, 6) is 0.524. The number of nitrogens with one attached hydrogen (secondary N) is 1. The molecule has 0 bridgehead atoms. The summed E-state index contributed by atoms with van der Waals surface area (Å²) < 4.78 is 9.17. The number of hydrogen-bond donors (Lipinski definition) is 1. The van der Waals surface area contributed by atoms with E-state index in [0.29, 0.717) is 28.1 Å². The molecule has 4 rings (SSSR count). The van der Waals surface area contributed by atoms with Crippen molar-refractivity contribution in [2.24, 2.45) is 7.05 Å². The standard InChI is InChI=1S/C18H14Cl2N4O/c1-23-17-13(20)3-2-4-15(17)24(18(23)21)9-16-22-14(10-25-16)11-5-7-12(19)8-6-11/h2-8,10,21H,9H2,1H3. The fourth-order valence-corrected chi connectivity index (χ4v) is 3.31. The first-order chi connectivity index (χ1) is 12.0. The van der Waals surface area contributed by atoms with E-state index in [1.54, 1.807) is 10.8 Å². The zero-order valence-corrected chi connectivity index (χ0v) is 14.8. The average Bonchev–Trinajstić information content (AvgIpc) is 3.16. The minimum atomic E-state index is 0.328. The highest BCUT2D eigenvalue weighted by molar-refractivity contribution is 6.35. The second-order valence-corrected chi connectivity index (χ2v) is 6.55. The molecule has 0 aliphatic rings. The van der Waals surface area contributed by atoms with Crippen LogP contribution in [0.25, 0.3) is 22.3 Å². The largest absolute Gasteiger partial charge is 0.446 e. The Morgan fingerprint density at radius 2 is 1.88 bits per heavy atom. The average molecular weight is 373 g/mol. The Kier molecular flexibility index (Phi) is 3.90. The molecule has 0 saturated heterocycles. The van der Waals surface area contributed by atoms with Crippen molar-refractivity contribution in [1.82, 2.24) is 14.1 Å². The van der Waals surface area contributed by atoms with Crippen molar-refractivity contribution in [3.8, 4) is 11.3 Å². The van der Waals surface area contributed by atoms with E-state index in [1.807, 2.05) is 54.1 Å². The zero-order valence-electron chi connectivity index (χ0n) is 13.3. The SMILES string of the molecule is Cn1c(=N)n(Cc2nc(-c3ccc(Cl)cc3)co2)c2cccc(Cl)c21. The van der Waals surface area contributed by atoms with E-state index >= 15 is 0 Å². The lowest BCUT2D eigenvalue weighted by Gasteiger charge is -2.01. The van der Waals surface area contributed by atoms with E-state index in [1.165, 1.54) is 0 Å². The van der Waals surface area contributed by atoms with Crippen LogP contribution >= 0.6 is 23.2 Å². The first-order valence-electron chi connectivity index (χ1n) is 7.63. The predicted molar refractivity (Wildman–Crippen MR) is 97.8 cm³/mol. The minimum Gasteiger partial charge on any atom is -0.446 e. The Labute approximate surface area is 153 Å². The predicted octanol–water partition coefficient (Wildman–Crippen LogP) is 4.47. The molecule has 0 unspecified atom stereocenters. The zero-order chi connectivity index (χ0) is 17.6. The molecule has 0 spiro atoms. The summed E-state index contributed by atoms with van der Waals surface area (Å²) in [5.41, 5.74) is 3.67. The van der Waals surface area contributed by atoms with Gasteiger partial charge in [0.15, 0.2) is 0 Å². The minimum absolute atomic E-state index is 0.328. The Bertz CT molecular complexity index is 1120. The third-order valence-corrected chi connectivity index (χ3v) is 4.71. The molecular weight excluding hydrogens is 359 g/mol. The molecule has 4 aromatic rings. The molecule has 1 N–H and O–H groups in total. The fraction of sp³-hybridized carbons (Fsp3) is 0.111. The highest BCUT2D eigenvalue weighted by Crippen LogP contribution is 2.24. The van der Waals surface area contributed by atoms with Gasteiger partial charge in [0.05, 0.1) is 16.1 Å². The maximum Gasteiger partial charge on any atom is 0.214 e. The highest BCUT2D eigenvalue weighted by atomic mass is 35.5. The Balaban J connectivity index is 1.73. The van der Waals surface area contributed by atoms with E-state index in [4.69, 9.17) is 33.0 Å². The summed E-state index contributed by atoms with van der Waals surface area (Å²) in [5, 5.41) is 9.64. The number of para-hydroxylation sites is 1. The van der Waals surface area contributed by atoms with Gasteiger partial charge in [0, 0.05) is 17.6 Å². The van der Waals surface area contributed by atoms with Gasteiger partial charge < -0.3 is 13.6 Å². The lowest BCUT2D eigenvalue weighted by molar-refractivity contribution is 0.474. The first-order valence-corrected chi connectivity index (χ1v) is 8.39. The van der Waals surface area contributed by atoms with Gasteiger partial charge in [0.2, 0.25) is 11.5 Å². The van der Waals surface area contributed by atoms with E-state index in [2.05, 4.69) is 4.98 Å². The van der Waals surface area contributed by atoms with Crippen LogP contribution in [0, 0.1) is 5.41 Å². The summed E-state index contributed by atoms with van der Waals surface area (Å²) >= 11 is 12.2. The molecule has 2 aromatic heterocycles. The molecule has 5 nitrogen and oxygen atoms in total. The fourth-order valence-electron chi connectivity index (χ4n) is 2.89. The van der Waals surface area contributed by atoms with E-state index < -0.39 is 0 Å².